The van der Waals surface area contributed by atoms with Crippen LogP contribution in [0.3, 0.4) is 0 Å². The van der Waals surface area contributed by atoms with Gasteiger partial charge in [-0.15, -0.1) is 5.10 Å². The lowest BCUT2D eigenvalue weighted by Gasteiger charge is -2.06. The molecule has 14 heavy (non-hydrogen) atoms. The van der Waals surface area contributed by atoms with Crippen molar-refractivity contribution in [2.45, 2.75) is 23.8 Å². The molecule has 1 aromatic heterocycles. The van der Waals surface area contributed by atoms with Gasteiger partial charge in [-0.1, -0.05) is 46.9 Å². The molecule has 4 heteroatoms. The Morgan fingerprint density at radius 3 is 3.00 bits per heavy atom. The summed E-state index contributed by atoms with van der Waals surface area (Å²) in [5.74, 6) is 0. The summed E-state index contributed by atoms with van der Waals surface area (Å²) in [5.41, 5.74) is 2.11. The molecule has 1 atom stereocenters. The maximum absolute atomic E-state index is 4.15. The van der Waals surface area contributed by atoms with Gasteiger partial charge in [-0.2, -0.15) is 0 Å². The van der Waals surface area contributed by atoms with E-state index in [9.17, 15) is 0 Å². The molecule has 74 valence electrons. The Morgan fingerprint density at radius 1 is 1.43 bits per heavy atom. The Morgan fingerprint density at radius 2 is 2.21 bits per heavy atom. The van der Waals surface area contributed by atoms with Crippen molar-refractivity contribution in [3.05, 3.63) is 24.3 Å². The van der Waals surface area contributed by atoms with Crippen LogP contribution in [0.15, 0.2) is 24.3 Å². The second-order valence-electron chi connectivity index (χ2n) is 3.27. The average Bonchev–Trinajstić information content (AvgIpc) is 2.62. The van der Waals surface area contributed by atoms with Crippen LogP contribution in [-0.2, 0) is 6.54 Å². The van der Waals surface area contributed by atoms with Gasteiger partial charge in [0.15, 0.2) is 0 Å². The van der Waals surface area contributed by atoms with Gasteiger partial charge in [0, 0.05) is 3.92 Å². The quantitative estimate of drug-likeness (QED) is 0.644. The molecule has 0 bridgehead atoms. The van der Waals surface area contributed by atoms with Crippen LogP contribution in [-0.4, -0.2) is 18.9 Å². The van der Waals surface area contributed by atoms with E-state index in [1.165, 1.54) is 0 Å². The van der Waals surface area contributed by atoms with E-state index < -0.39 is 0 Å². The zero-order valence-electron chi connectivity index (χ0n) is 8.02. The molecule has 1 heterocycles. The molecule has 1 aromatic carbocycles. The van der Waals surface area contributed by atoms with Gasteiger partial charge in [-0.3, -0.25) is 0 Å². The zero-order valence-corrected chi connectivity index (χ0v) is 10.2. The zero-order chi connectivity index (χ0) is 9.97. The molecule has 0 aliphatic carbocycles. The summed E-state index contributed by atoms with van der Waals surface area (Å²) in [5, 5.41) is 8.26. The van der Waals surface area contributed by atoms with Crippen molar-refractivity contribution < 1.29 is 0 Å². The standard InChI is InChI=1S/C10H12IN3/c1-2-8(11)7-14-10-6-4-3-5-9(10)12-13-14/h3-6,8H,2,7H2,1H3/t8-/m1/s1. The smallest absolute Gasteiger partial charge is 0.113 e. The van der Waals surface area contributed by atoms with E-state index in [0.29, 0.717) is 3.92 Å². The highest BCUT2D eigenvalue weighted by Gasteiger charge is 2.06. The summed E-state index contributed by atoms with van der Waals surface area (Å²) in [6.07, 6.45) is 1.16. The molecule has 0 spiro atoms. The number of hydrogen-bond acceptors (Lipinski definition) is 2. The van der Waals surface area contributed by atoms with Gasteiger partial charge >= 0.3 is 0 Å². The predicted molar refractivity (Wildman–Crippen MR) is 65.6 cm³/mol. The molecule has 0 fully saturated rings. The predicted octanol–water partition coefficient (Wildman–Crippen LogP) is 2.64. The molecule has 0 aliphatic rings. The minimum atomic E-state index is 0.623. The van der Waals surface area contributed by atoms with Crippen LogP contribution in [0.5, 0.6) is 0 Å². The Bertz CT molecular complexity index is 424. The fraction of sp³-hybridized carbons (Fsp3) is 0.400. The van der Waals surface area contributed by atoms with Crippen molar-refractivity contribution in [2.75, 3.05) is 0 Å². The maximum atomic E-state index is 4.15. The molecular weight excluding hydrogens is 289 g/mol. The third-order valence-corrected chi connectivity index (χ3v) is 3.51. The van der Waals surface area contributed by atoms with E-state index in [1.807, 2.05) is 22.9 Å². The summed E-state index contributed by atoms with van der Waals surface area (Å²) in [6, 6.07) is 8.07. The maximum Gasteiger partial charge on any atom is 0.113 e. The normalized spacial score (nSPS) is 13.3. The van der Waals surface area contributed by atoms with Crippen LogP contribution in [0.4, 0.5) is 0 Å². The fourth-order valence-electron chi connectivity index (χ4n) is 1.37. The van der Waals surface area contributed by atoms with E-state index in [4.69, 9.17) is 0 Å². The topological polar surface area (TPSA) is 30.7 Å². The Balaban J connectivity index is 2.33. The van der Waals surface area contributed by atoms with Crippen molar-refractivity contribution >= 4 is 33.6 Å². The third-order valence-electron chi connectivity index (χ3n) is 2.23. The van der Waals surface area contributed by atoms with Gasteiger partial charge in [0.1, 0.15) is 5.52 Å². The van der Waals surface area contributed by atoms with Gasteiger partial charge in [0.2, 0.25) is 0 Å². The number of para-hydroxylation sites is 1. The van der Waals surface area contributed by atoms with E-state index in [0.717, 1.165) is 24.0 Å². The van der Waals surface area contributed by atoms with Crippen molar-refractivity contribution in [3.63, 3.8) is 0 Å². The SMILES string of the molecule is CC[C@@H](I)Cn1nnc2ccccc21. The Hall–Kier alpha value is -0.650. The molecular formula is C10H12IN3. The van der Waals surface area contributed by atoms with Crippen molar-refractivity contribution in [1.29, 1.82) is 0 Å². The van der Waals surface area contributed by atoms with Crippen LogP contribution in [0.1, 0.15) is 13.3 Å². The van der Waals surface area contributed by atoms with Gasteiger partial charge in [0.25, 0.3) is 0 Å². The molecule has 0 aliphatic heterocycles. The minimum Gasteiger partial charge on any atom is -0.244 e. The number of benzene rings is 1. The van der Waals surface area contributed by atoms with Gasteiger partial charge in [-0.25, -0.2) is 4.68 Å². The molecule has 0 N–H and O–H groups in total. The van der Waals surface area contributed by atoms with E-state index in [-0.39, 0.29) is 0 Å². The number of rotatable bonds is 3. The van der Waals surface area contributed by atoms with Crippen LogP contribution >= 0.6 is 22.6 Å². The van der Waals surface area contributed by atoms with E-state index >= 15 is 0 Å². The highest BCUT2D eigenvalue weighted by atomic mass is 127. The van der Waals surface area contributed by atoms with E-state index in [2.05, 4.69) is 45.9 Å². The highest BCUT2D eigenvalue weighted by Crippen LogP contribution is 2.13. The molecule has 0 amide bonds. The fourth-order valence-corrected chi connectivity index (χ4v) is 1.74. The minimum absolute atomic E-state index is 0.623. The van der Waals surface area contributed by atoms with Gasteiger partial charge in [0.05, 0.1) is 12.1 Å². The van der Waals surface area contributed by atoms with Crippen molar-refractivity contribution in [1.82, 2.24) is 15.0 Å². The third kappa shape index (κ3) is 1.89. The molecule has 0 unspecified atom stereocenters. The van der Waals surface area contributed by atoms with Gasteiger partial charge < -0.3 is 0 Å². The van der Waals surface area contributed by atoms with Crippen LogP contribution in [0.2, 0.25) is 0 Å². The summed E-state index contributed by atoms with van der Waals surface area (Å²) in [7, 11) is 0. The molecule has 0 radical (unpaired) electrons. The summed E-state index contributed by atoms with van der Waals surface area (Å²) >= 11 is 2.45. The Labute approximate surface area is 96.6 Å². The van der Waals surface area contributed by atoms with Crippen LogP contribution < -0.4 is 0 Å². The second kappa shape index (κ2) is 4.25. The van der Waals surface area contributed by atoms with Crippen LogP contribution in [0.25, 0.3) is 11.0 Å². The molecule has 0 saturated heterocycles. The average molecular weight is 301 g/mol. The lowest BCUT2D eigenvalue weighted by Crippen LogP contribution is -2.10. The number of aromatic nitrogens is 3. The molecule has 2 rings (SSSR count). The number of fused-ring (bicyclic) bond motifs is 1. The van der Waals surface area contributed by atoms with Crippen molar-refractivity contribution in [3.8, 4) is 0 Å². The van der Waals surface area contributed by atoms with Gasteiger partial charge in [-0.05, 0) is 18.6 Å². The van der Waals surface area contributed by atoms with E-state index in [1.54, 1.807) is 0 Å². The lowest BCUT2D eigenvalue weighted by atomic mass is 10.3. The number of nitrogens with zero attached hydrogens (tertiary/aromatic N) is 3. The molecule has 0 saturated carbocycles. The first-order valence-corrected chi connectivity index (χ1v) is 5.98. The first kappa shape index (κ1) is 9.89. The first-order chi connectivity index (χ1) is 6.81. The largest absolute Gasteiger partial charge is 0.244 e. The molecule has 3 nitrogen and oxygen atoms in total. The van der Waals surface area contributed by atoms with Crippen LogP contribution in [0, 0.1) is 0 Å². The summed E-state index contributed by atoms with van der Waals surface area (Å²) < 4.78 is 2.60. The first-order valence-electron chi connectivity index (χ1n) is 4.73. The highest BCUT2D eigenvalue weighted by molar-refractivity contribution is 14.1. The second-order valence-corrected chi connectivity index (χ2v) is 5.03. The Kier molecular flexibility index (Phi) is 3.00. The number of alkyl halides is 1. The summed E-state index contributed by atoms with van der Waals surface area (Å²) in [4.78, 5) is 0. The number of hydrogen-bond donors (Lipinski definition) is 0. The molecule has 2 aromatic rings. The number of halogens is 1. The van der Waals surface area contributed by atoms with Crippen molar-refractivity contribution in [2.24, 2.45) is 0 Å². The lowest BCUT2D eigenvalue weighted by molar-refractivity contribution is 0.590. The monoisotopic (exact) mass is 301 g/mol. The summed E-state index contributed by atoms with van der Waals surface area (Å²) in [6.45, 7) is 3.13.